The summed E-state index contributed by atoms with van der Waals surface area (Å²) in [6.07, 6.45) is 3.49. The zero-order valence-corrected chi connectivity index (χ0v) is 19.0. The van der Waals surface area contributed by atoms with Crippen molar-refractivity contribution < 1.29 is 14.0 Å². The first-order valence-corrected chi connectivity index (χ1v) is 11.5. The van der Waals surface area contributed by atoms with Crippen molar-refractivity contribution in [2.24, 2.45) is 0 Å². The van der Waals surface area contributed by atoms with E-state index >= 15 is 0 Å². The summed E-state index contributed by atoms with van der Waals surface area (Å²) < 4.78 is 7.36. The van der Waals surface area contributed by atoms with Crippen LogP contribution in [0.2, 0.25) is 0 Å². The van der Waals surface area contributed by atoms with E-state index < -0.39 is 0 Å². The van der Waals surface area contributed by atoms with Gasteiger partial charge in [0.15, 0.2) is 5.16 Å². The number of thioether (sulfide) groups is 1. The van der Waals surface area contributed by atoms with Gasteiger partial charge in [-0.15, -0.1) is 0 Å². The van der Waals surface area contributed by atoms with Crippen molar-refractivity contribution in [3.05, 3.63) is 102 Å². The Kier molecular flexibility index (Phi) is 7.26. The molecule has 2 aromatic heterocycles. The normalized spacial score (nSPS) is 10.7. The van der Waals surface area contributed by atoms with E-state index in [4.69, 9.17) is 4.42 Å². The molecule has 0 aliphatic carbocycles. The molecule has 0 aliphatic rings. The maximum Gasteiger partial charge on any atom is 0.251 e. The molecule has 0 saturated heterocycles. The van der Waals surface area contributed by atoms with E-state index in [1.165, 1.54) is 11.8 Å². The van der Waals surface area contributed by atoms with Crippen LogP contribution in [0.25, 0.3) is 5.69 Å². The van der Waals surface area contributed by atoms with Gasteiger partial charge < -0.3 is 15.1 Å². The van der Waals surface area contributed by atoms with E-state index in [0.717, 1.165) is 17.0 Å². The number of imidazole rings is 1. The monoisotopic (exact) mass is 460 g/mol. The van der Waals surface area contributed by atoms with Crippen molar-refractivity contribution in [1.29, 1.82) is 0 Å². The smallest absolute Gasteiger partial charge is 0.251 e. The minimum Gasteiger partial charge on any atom is -0.465 e. The summed E-state index contributed by atoms with van der Waals surface area (Å²) in [6, 6.07) is 20.8. The molecule has 2 heterocycles. The zero-order chi connectivity index (χ0) is 23.0. The van der Waals surface area contributed by atoms with Crippen molar-refractivity contribution in [1.82, 2.24) is 20.2 Å². The number of hydrogen-bond donors (Lipinski definition) is 2. The molecule has 4 rings (SSSR count). The number of furan rings is 1. The Balaban J connectivity index is 1.35. The van der Waals surface area contributed by atoms with Crippen molar-refractivity contribution in [3.8, 4) is 5.69 Å². The Labute approximate surface area is 196 Å². The molecule has 168 valence electrons. The Morgan fingerprint density at radius 2 is 1.85 bits per heavy atom. The van der Waals surface area contributed by atoms with Gasteiger partial charge in [0.1, 0.15) is 11.5 Å². The van der Waals surface area contributed by atoms with Gasteiger partial charge in [-0.1, -0.05) is 48.2 Å². The van der Waals surface area contributed by atoms with Crippen molar-refractivity contribution in [3.63, 3.8) is 0 Å². The number of carbonyl (C=O) groups excluding carboxylic acids is 2. The molecule has 2 N–H and O–H groups in total. The standard InChI is InChI=1S/C25H24N4O3S/c1-18-10-11-22(32-18)16-28-24(31)20-8-5-9-21(14-20)29-13-12-26-25(29)33-17-23(30)27-15-19-6-3-2-4-7-19/h2-14H,15-17H2,1H3,(H,27,30)(H,28,31). The number of rotatable bonds is 9. The average molecular weight is 461 g/mol. The van der Waals surface area contributed by atoms with E-state index in [2.05, 4.69) is 15.6 Å². The summed E-state index contributed by atoms with van der Waals surface area (Å²) >= 11 is 1.34. The molecular formula is C25H24N4O3S. The largest absolute Gasteiger partial charge is 0.465 e. The fourth-order valence-corrected chi connectivity index (χ4v) is 4.02. The van der Waals surface area contributed by atoms with Gasteiger partial charge in [0.25, 0.3) is 5.91 Å². The molecule has 0 radical (unpaired) electrons. The lowest BCUT2D eigenvalue weighted by Gasteiger charge is -2.10. The quantitative estimate of drug-likeness (QED) is 0.367. The van der Waals surface area contributed by atoms with E-state index in [0.29, 0.717) is 29.6 Å². The van der Waals surface area contributed by atoms with E-state index in [-0.39, 0.29) is 17.6 Å². The molecule has 4 aromatic rings. The van der Waals surface area contributed by atoms with Crippen molar-refractivity contribution >= 4 is 23.6 Å². The predicted octanol–water partition coefficient (Wildman–Crippen LogP) is 4.11. The fraction of sp³-hybridized carbons (Fsp3) is 0.160. The Morgan fingerprint density at radius 3 is 2.64 bits per heavy atom. The fourth-order valence-electron chi connectivity index (χ4n) is 3.22. The molecule has 2 aromatic carbocycles. The molecule has 0 atom stereocenters. The number of hydrogen-bond acceptors (Lipinski definition) is 5. The minimum atomic E-state index is -0.194. The Morgan fingerprint density at radius 1 is 1.00 bits per heavy atom. The van der Waals surface area contributed by atoms with Gasteiger partial charge in [0.05, 0.1) is 12.3 Å². The molecule has 0 fully saturated rings. The first-order chi connectivity index (χ1) is 16.1. The second kappa shape index (κ2) is 10.7. The third-order valence-corrected chi connectivity index (χ3v) is 5.84. The Bertz CT molecular complexity index is 1230. The van der Waals surface area contributed by atoms with Crippen LogP contribution in [-0.4, -0.2) is 27.1 Å². The van der Waals surface area contributed by atoms with Crippen LogP contribution in [0, 0.1) is 6.92 Å². The lowest BCUT2D eigenvalue weighted by atomic mass is 10.2. The second-order valence-electron chi connectivity index (χ2n) is 7.38. The average Bonchev–Trinajstić information content (AvgIpc) is 3.49. The third-order valence-electron chi connectivity index (χ3n) is 4.88. The lowest BCUT2D eigenvalue weighted by Crippen LogP contribution is -2.24. The first kappa shape index (κ1) is 22.4. The van der Waals surface area contributed by atoms with Crippen LogP contribution in [0.15, 0.2) is 88.7 Å². The molecule has 2 amide bonds. The van der Waals surface area contributed by atoms with Gasteiger partial charge in [-0.2, -0.15) is 0 Å². The Hall–Kier alpha value is -3.78. The van der Waals surface area contributed by atoms with E-state index in [1.807, 2.05) is 72.3 Å². The molecule has 7 nitrogen and oxygen atoms in total. The summed E-state index contributed by atoms with van der Waals surface area (Å²) in [5.41, 5.74) is 2.37. The SMILES string of the molecule is Cc1ccc(CNC(=O)c2cccc(-n3ccnc3SCC(=O)NCc3ccccc3)c2)o1. The van der Waals surface area contributed by atoms with Crippen LogP contribution >= 0.6 is 11.8 Å². The van der Waals surface area contributed by atoms with Gasteiger partial charge in [-0.05, 0) is 42.8 Å². The second-order valence-corrected chi connectivity index (χ2v) is 8.32. The predicted molar refractivity (Wildman–Crippen MR) is 127 cm³/mol. The number of aromatic nitrogens is 2. The van der Waals surface area contributed by atoms with Gasteiger partial charge in [-0.3, -0.25) is 14.2 Å². The lowest BCUT2D eigenvalue weighted by molar-refractivity contribution is -0.118. The molecule has 0 unspecified atom stereocenters. The summed E-state index contributed by atoms with van der Waals surface area (Å²) in [7, 11) is 0. The minimum absolute atomic E-state index is 0.0697. The summed E-state index contributed by atoms with van der Waals surface area (Å²) in [4.78, 5) is 29.2. The summed E-state index contributed by atoms with van der Waals surface area (Å²) in [5, 5.41) is 6.46. The first-order valence-electron chi connectivity index (χ1n) is 10.5. The highest BCUT2D eigenvalue weighted by Crippen LogP contribution is 2.21. The van der Waals surface area contributed by atoms with Gasteiger partial charge in [0, 0.05) is 30.2 Å². The number of amides is 2. The third kappa shape index (κ3) is 6.14. The van der Waals surface area contributed by atoms with Crippen LogP contribution in [0.1, 0.15) is 27.4 Å². The molecular weight excluding hydrogens is 436 g/mol. The summed E-state index contributed by atoms with van der Waals surface area (Å²) in [6.45, 7) is 2.67. The number of benzene rings is 2. The van der Waals surface area contributed by atoms with Crippen molar-refractivity contribution in [2.75, 3.05) is 5.75 Å². The van der Waals surface area contributed by atoms with Crippen LogP contribution < -0.4 is 10.6 Å². The molecule has 0 saturated carbocycles. The van der Waals surface area contributed by atoms with Gasteiger partial charge in [0.2, 0.25) is 5.91 Å². The number of aryl methyl sites for hydroxylation is 1. The highest BCUT2D eigenvalue weighted by molar-refractivity contribution is 7.99. The molecule has 33 heavy (non-hydrogen) atoms. The van der Waals surface area contributed by atoms with Crippen LogP contribution in [0.3, 0.4) is 0 Å². The molecule has 0 bridgehead atoms. The molecule has 8 heteroatoms. The highest BCUT2D eigenvalue weighted by Gasteiger charge is 2.12. The maximum atomic E-state index is 12.6. The number of nitrogens with zero attached hydrogens (tertiary/aromatic N) is 2. The zero-order valence-electron chi connectivity index (χ0n) is 18.2. The highest BCUT2D eigenvalue weighted by atomic mass is 32.2. The molecule has 0 spiro atoms. The van der Waals surface area contributed by atoms with E-state index in [1.54, 1.807) is 18.3 Å². The number of nitrogens with one attached hydrogen (secondary N) is 2. The van der Waals surface area contributed by atoms with Crippen LogP contribution in [0.4, 0.5) is 0 Å². The van der Waals surface area contributed by atoms with Crippen LogP contribution in [0.5, 0.6) is 0 Å². The van der Waals surface area contributed by atoms with Gasteiger partial charge in [-0.25, -0.2) is 4.98 Å². The number of carbonyl (C=O) groups is 2. The summed E-state index contributed by atoms with van der Waals surface area (Å²) in [5.74, 6) is 1.49. The van der Waals surface area contributed by atoms with Gasteiger partial charge >= 0.3 is 0 Å². The topological polar surface area (TPSA) is 89.2 Å². The molecule has 0 aliphatic heterocycles. The maximum absolute atomic E-state index is 12.6. The van der Waals surface area contributed by atoms with Crippen LogP contribution in [-0.2, 0) is 17.9 Å². The van der Waals surface area contributed by atoms with Crippen molar-refractivity contribution in [2.45, 2.75) is 25.2 Å². The van der Waals surface area contributed by atoms with E-state index in [9.17, 15) is 9.59 Å².